The molecule has 0 amide bonds. The first-order valence-corrected chi connectivity index (χ1v) is 6.85. The summed E-state index contributed by atoms with van der Waals surface area (Å²) in [5, 5.41) is 0. The Balaban J connectivity index is 2.82. The van der Waals surface area contributed by atoms with E-state index < -0.39 is 10.1 Å². The minimum absolute atomic E-state index is 0.199. The predicted octanol–water partition coefficient (Wildman–Crippen LogP) is 2.61. The smallest absolute Gasteiger partial charge is 0.266 e. The van der Waals surface area contributed by atoms with Gasteiger partial charge in [-0.3, -0.25) is 4.18 Å². The van der Waals surface area contributed by atoms with E-state index in [-0.39, 0.29) is 17.4 Å². The first-order chi connectivity index (χ1) is 7.45. The average Bonchev–Trinajstić information content (AvgIpc) is 2.27. The van der Waals surface area contributed by atoms with Gasteiger partial charge in [0, 0.05) is 0 Å². The molecule has 0 bridgehead atoms. The van der Waals surface area contributed by atoms with Gasteiger partial charge in [0.2, 0.25) is 0 Å². The Morgan fingerprint density at radius 2 is 1.75 bits per heavy atom. The van der Waals surface area contributed by atoms with Crippen LogP contribution in [0.5, 0.6) is 0 Å². The Hall–Kier alpha value is -0.870. The lowest BCUT2D eigenvalue weighted by molar-refractivity contribution is 0.275. The van der Waals surface area contributed by atoms with E-state index in [1.54, 1.807) is 12.1 Å². The number of hydrogen-bond acceptors (Lipinski definition) is 3. The van der Waals surface area contributed by atoms with Crippen molar-refractivity contribution < 1.29 is 12.6 Å². The van der Waals surface area contributed by atoms with Crippen molar-refractivity contribution in [1.29, 1.82) is 0 Å². The lowest BCUT2D eigenvalue weighted by atomic mass is 10.2. The quantitative estimate of drug-likeness (QED) is 0.745. The summed E-state index contributed by atoms with van der Waals surface area (Å²) in [6, 6.07) is 6.81. The molecule has 0 unspecified atom stereocenters. The second kappa shape index (κ2) is 5.46. The maximum atomic E-state index is 11.7. The third-order valence-electron chi connectivity index (χ3n) is 2.18. The molecule has 16 heavy (non-hydrogen) atoms. The van der Waals surface area contributed by atoms with Gasteiger partial charge in [0.1, 0.15) is 0 Å². The summed E-state index contributed by atoms with van der Waals surface area (Å²) in [5.41, 5.74) is 1.11. The molecule has 0 radical (unpaired) electrons. The second-order valence-electron chi connectivity index (χ2n) is 4.13. The SMILES string of the molecule is CCc1ccc(S(=O)(=O)OCC(C)C)cc1. The number of benzene rings is 1. The summed E-state index contributed by atoms with van der Waals surface area (Å²) in [5.74, 6) is 0.199. The van der Waals surface area contributed by atoms with Gasteiger partial charge in [0.25, 0.3) is 10.1 Å². The van der Waals surface area contributed by atoms with E-state index in [0.29, 0.717) is 0 Å². The van der Waals surface area contributed by atoms with Crippen molar-refractivity contribution in [3.05, 3.63) is 29.8 Å². The predicted molar refractivity (Wildman–Crippen MR) is 63.8 cm³/mol. The Morgan fingerprint density at radius 1 is 1.19 bits per heavy atom. The van der Waals surface area contributed by atoms with Crippen molar-refractivity contribution in [1.82, 2.24) is 0 Å². The largest absolute Gasteiger partial charge is 0.296 e. The lowest BCUT2D eigenvalue weighted by Gasteiger charge is -2.07. The molecule has 0 atom stereocenters. The summed E-state index contributed by atoms with van der Waals surface area (Å²) >= 11 is 0. The van der Waals surface area contributed by atoms with Gasteiger partial charge in [-0.1, -0.05) is 32.9 Å². The molecule has 0 aliphatic rings. The molecular formula is C12H18O3S. The van der Waals surface area contributed by atoms with Gasteiger partial charge in [-0.2, -0.15) is 8.42 Å². The van der Waals surface area contributed by atoms with Crippen LogP contribution in [0, 0.1) is 5.92 Å². The fraction of sp³-hybridized carbons (Fsp3) is 0.500. The van der Waals surface area contributed by atoms with Crippen molar-refractivity contribution in [2.75, 3.05) is 6.61 Å². The van der Waals surface area contributed by atoms with E-state index in [1.807, 2.05) is 32.9 Å². The summed E-state index contributed by atoms with van der Waals surface area (Å²) in [6.45, 7) is 6.07. The zero-order chi connectivity index (χ0) is 12.2. The van der Waals surface area contributed by atoms with Gasteiger partial charge in [0.05, 0.1) is 11.5 Å². The molecule has 1 aromatic carbocycles. The fourth-order valence-corrected chi connectivity index (χ4v) is 2.24. The van der Waals surface area contributed by atoms with Gasteiger partial charge in [-0.05, 0) is 30.0 Å². The van der Waals surface area contributed by atoms with Crippen LogP contribution in [0.3, 0.4) is 0 Å². The lowest BCUT2D eigenvalue weighted by Crippen LogP contribution is -2.11. The molecule has 0 N–H and O–H groups in total. The maximum absolute atomic E-state index is 11.7. The second-order valence-corrected chi connectivity index (χ2v) is 5.75. The number of rotatable bonds is 5. The highest BCUT2D eigenvalue weighted by Crippen LogP contribution is 2.14. The average molecular weight is 242 g/mol. The molecule has 1 rings (SSSR count). The van der Waals surface area contributed by atoms with Crippen LogP contribution in [0.4, 0.5) is 0 Å². The third kappa shape index (κ3) is 3.61. The first kappa shape index (κ1) is 13.2. The molecule has 0 aliphatic carbocycles. The highest BCUT2D eigenvalue weighted by atomic mass is 32.2. The standard InChI is InChI=1S/C12H18O3S/c1-4-11-5-7-12(8-6-11)16(13,14)15-9-10(2)3/h5-8,10H,4,9H2,1-3H3. The van der Waals surface area contributed by atoms with Crippen LogP contribution < -0.4 is 0 Å². The minimum Gasteiger partial charge on any atom is -0.266 e. The van der Waals surface area contributed by atoms with E-state index in [2.05, 4.69) is 0 Å². The van der Waals surface area contributed by atoms with Crippen molar-refractivity contribution in [2.45, 2.75) is 32.1 Å². The van der Waals surface area contributed by atoms with Crippen LogP contribution in [0.2, 0.25) is 0 Å². The molecule has 0 aromatic heterocycles. The fourth-order valence-electron chi connectivity index (χ4n) is 1.19. The Kier molecular flexibility index (Phi) is 4.50. The molecule has 0 saturated heterocycles. The van der Waals surface area contributed by atoms with Crippen molar-refractivity contribution >= 4 is 10.1 Å². The van der Waals surface area contributed by atoms with Crippen molar-refractivity contribution in [3.63, 3.8) is 0 Å². The molecule has 90 valence electrons. The van der Waals surface area contributed by atoms with E-state index in [0.717, 1.165) is 12.0 Å². The molecule has 0 aliphatic heterocycles. The van der Waals surface area contributed by atoms with E-state index in [4.69, 9.17) is 4.18 Å². The van der Waals surface area contributed by atoms with E-state index in [1.165, 1.54) is 0 Å². The number of aryl methyl sites for hydroxylation is 1. The van der Waals surface area contributed by atoms with Crippen LogP contribution in [0.1, 0.15) is 26.3 Å². The normalized spacial score (nSPS) is 12.0. The van der Waals surface area contributed by atoms with E-state index >= 15 is 0 Å². The Bertz CT molecular complexity index is 418. The first-order valence-electron chi connectivity index (χ1n) is 5.44. The zero-order valence-corrected chi connectivity index (χ0v) is 10.8. The monoisotopic (exact) mass is 242 g/mol. The van der Waals surface area contributed by atoms with Gasteiger partial charge < -0.3 is 0 Å². The summed E-state index contributed by atoms with van der Waals surface area (Å²) in [4.78, 5) is 0.227. The molecule has 3 nitrogen and oxygen atoms in total. The number of hydrogen-bond donors (Lipinski definition) is 0. The third-order valence-corrected chi connectivity index (χ3v) is 3.47. The van der Waals surface area contributed by atoms with Crippen LogP contribution in [-0.4, -0.2) is 15.0 Å². The van der Waals surface area contributed by atoms with Gasteiger partial charge >= 0.3 is 0 Å². The van der Waals surface area contributed by atoms with Gasteiger partial charge in [0.15, 0.2) is 0 Å². The summed E-state index contributed by atoms with van der Waals surface area (Å²) in [7, 11) is -3.58. The molecule has 4 heteroatoms. The molecule has 0 spiro atoms. The summed E-state index contributed by atoms with van der Waals surface area (Å²) in [6.07, 6.45) is 0.896. The highest BCUT2D eigenvalue weighted by molar-refractivity contribution is 7.86. The Labute approximate surface area is 97.6 Å². The van der Waals surface area contributed by atoms with Crippen LogP contribution in [0.15, 0.2) is 29.2 Å². The highest BCUT2D eigenvalue weighted by Gasteiger charge is 2.15. The van der Waals surface area contributed by atoms with Gasteiger partial charge in [-0.15, -0.1) is 0 Å². The molecule has 1 aromatic rings. The molecule has 0 saturated carbocycles. The van der Waals surface area contributed by atoms with E-state index in [9.17, 15) is 8.42 Å². The topological polar surface area (TPSA) is 43.4 Å². The maximum Gasteiger partial charge on any atom is 0.296 e. The molecular weight excluding hydrogens is 224 g/mol. The van der Waals surface area contributed by atoms with Crippen molar-refractivity contribution in [2.24, 2.45) is 5.92 Å². The van der Waals surface area contributed by atoms with Crippen LogP contribution in [-0.2, 0) is 20.7 Å². The van der Waals surface area contributed by atoms with Crippen LogP contribution in [0.25, 0.3) is 0 Å². The summed E-state index contributed by atoms with van der Waals surface area (Å²) < 4.78 is 28.4. The molecule has 0 heterocycles. The van der Waals surface area contributed by atoms with Crippen LogP contribution >= 0.6 is 0 Å². The van der Waals surface area contributed by atoms with Gasteiger partial charge in [-0.25, -0.2) is 0 Å². The molecule has 0 fully saturated rings. The van der Waals surface area contributed by atoms with Crippen molar-refractivity contribution in [3.8, 4) is 0 Å². The zero-order valence-electron chi connectivity index (χ0n) is 9.93. The minimum atomic E-state index is -3.58. The Morgan fingerprint density at radius 3 is 2.19 bits per heavy atom.